The van der Waals surface area contributed by atoms with Crippen molar-refractivity contribution in [3.8, 4) is 0 Å². The fourth-order valence-electron chi connectivity index (χ4n) is 0.813. The number of rotatable bonds is 6. The maximum Gasteiger partial charge on any atom is 0.341 e. The molecule has 0 spiro atoms. The molecule has 1 N–H and O–H groups in total. The molecular formula is C10H14O6S. The van der Waals surface area contributed by atoms with Crippen LogP contribution in [-0.2, 0) is 24.4 Å². The van der Waals surface area contributed by atoms with Crippen LogP contribution in [0.5, 0.6) is 0 Å². The quantitative estimate of drug-likeness (QED) is 0.330. The zero-order chi connectivity index (χ0) is 13.6. The Kier molecular flexibility index (Phi) is 5.77. The first kappa shape index (κ1) is 15.5. The first-order valence-electron chi connectivity index (χ1n) is 4.68. The summed E-state index contributed by atoms with van der Waals surface area (Å²) in [5, 5.41) is 0. The van der Waals surface area contributed by atoms with Crippen molar-refractivity contribution in [3.63, 3.8) is 0 Å². The minimum atomic E-state index is -4.06. The molecule has 0 aliphatic heterocycles. The Morgan fingerprint density at radius 1 is 1.24 bits per heavy atom. The molecule has 0 aromatic carbocycles. The fourth-order valence-corrected chi connectivity index (χ4v) is 1.32. The molecule has 6 nitrogen and oxygen atoms in total. The van der Waals surface area contributed by atoms with Crippen LogP contribution in [0.15, 0.2) is 24.3 Å². The lowest BCUT2D eigenvalue weighted by molar-refractivity contribution is -0.154. The third kappa shape index (κ3) is 7.42. The molecule has 96 valence electrons. The standard InChI is InChI=1S/C10H14O6S/c1-7(2)9(11)16-10(12)8(3)5-4-6-17(13,14)15/h1,3-6H2,2H3,(H,13,14,15). The molecule has 7 heteroatoms. The molecule has 0 aromatic rings. The van der Waals surface area contributed by atoms with Gasteiger partial charge >= 0.3 is 11.9 Å². The van der Waals surface area contributed by atoms with Crippen molar-refractivity contribution in [3.05, 3.63) is 24.3 Å². The molecule has 0 amide bonds. The third-order valence-electron chi connectivity index (χ3n) is 1.70. The molecule has 0 bridgehead atoms. The Labute approximate surface area is 99.7 Å². The van der Waals surface area contributed by atoms with Gasteiger partial charge in [0.25, 0.3) is 10.1 Å². The van der Waals surface area contributed by atoms with E-state index in [9.17, 15) is 18.0 Å². The second-order valence-corrected chi connectivity index (χ2v) is 5.02. The molecular weight excluding hydrogens is 248 g/mol. The van der Waals surface area contributed by atoms with E-state index in [1.54, 1.807) is 0 Å². The highest BCUT2D eigenvalue weighted by Crippen LogP contribution is 2.07. The summed E-state index contributed by atoms with van der Waals surface area (Å²) in [4.78, 5) is 22.2. The molecule has 0 atom stereocenters. The molecule has 0 unspecified atom stereocenters. The lowest BCUT2D eigenvalue weighted by atomic mass is 10.2. The van der Waals surface area contributed by atoms with Crippen LogP contribution in [0.2, 0.25) is 0 Å². The number of hydrogen-bond donors (Lipinski definition) is 1. The number of esters is 2. The maximum absolute atomic E-state index is 11.2. The number of carbonyl (C=O) groups is 2. The topological polar surface area (TPSA) is 97.7 Å². The number of carbonyl (C=O) groups excluding carboxylic acids is 2. The molecule has 0 saturated carbocycles. The van der Waals surface area contributed by atoms with Crippen LogP contribution in [0, 0.1) is 0 Å². The van der Waals surface area contributed by atoms with Crippen molar-refractivity contribution < 1.29 is 27.3 Å². The van der Waals surface area contributed by atoms with Crippen LogP contribution in [-0.4, -0.2) is 30.7 Å². The maximum atomic E-state index is 11.2. The summed E-state index contributed by atoms with van der Waals surface area (Å²) < 4.78 is 33.6. The van der Waals surface area contributed by atoms with Crippen LogP contribution in [0.25, 0.3) is 0 Å². The van der Waals surface area contributed by atoms with Crippen LogP contribution in [0.4, 0.5) is 0 Å². The van der Waals surface area contributed by atoms with Crippen LogP contribution in [0.1, 0.15) is 19.8 Å². The van der Waals surface area contributed by atoms with E-state index in [0.29, 0.717) is 0 Å². The second kappa shape index (κ2) is 6.31. The minimum Gasteiger partial charge on any atom is -0.386 e. The van der Waals surface area contributed by atoms with Crippen molar-refractivity contribution in [2.75, 3.05) is 5.75 Å². The molecule has 0 aliphatic rings. The molecule has 0 aromatic heterocycles. The van der Waals surface area contributed by atoms with Crippen molar-refractivity contribution >= 4 is 22.1 Å². The Balaban J connectivity index is 4.12. The summed E-state index contributed by atoms with van der Waals surface area (Å²) in [5.41, 5.74) is 0.0346. The van der Waals surface area contributed by atoms with Gasteiger partial charge < -0.3 is 4.74 Å². The van der Waals surface area contributed by atoms with E-state index < -0.39 is 27.8 Å². The van der Waals surface area contributed by atoms with Gasteiger partial charge in [0.1, 0.15) is 0 Å². The molecule has 0 rings (SSSR count). The van der Waals surface area contributed by atoms with Gasteiger partial charge in [-0.2, -0.15) is 8.42 Å². The highest BCUT2D eigenvalue weighted by Gasteiger charge is 2.15. The van der Waals surface area contributed by atoms with Gasteiger partial charge in [-0.25, -0.2) is 9.59 Å². The normalized spacial score (nSPS) is 10.7. The summed E-state index contributed by atoms with van der Waals surface area (Å²) >= 11 is 0. The van der Waals surface area contributed by atoms with Gasteiger partial charge in [-0.1, -0.05) is 13.2 Å². The van der Waals surface area contributed by atoms with Gasteiger partial charge in [-0.3, -0.25) is 4.55 Å². The Morgan fingerprint density at radius 2 is 1.76 bits per heavy atom. The van der Waals surface area contributed by atoms with Crippen LogP contribution < -0.4 is 0 Å². The van der Waals surface area contributed by atoms with Crippen molar-refractivity contribution in [2.45, 2.75) is 19.8 Å². The number of hydrogen-bond acceptors (Lipinski definition) is 5. The van der Waals surface area contributed by atoms with Crippen molar-refractivity contribution in [2.24, 2.45) is 0 Å². The summed E-state index contributed by atoms with van der Waals surface area (Å²) in [5.74, 6) is -2.26. The smallest absolute Gasteiger partial charge is 0.341 e. The van der Waals surface area contributed by atoms with E-state index in [2.05, 4.69) is 17.9 Å². The zero-order valence-corrected chi connectivity index (χ0v) is 10.2. The largest absolute Gasteiger partial charge is 0.386 e. The SMILES string of the molecule is C=C(C)C(=O)OC(=O)C(=C)CCCS(=O)(=O)O. The molecule has 0 aliphatic carbocycles. The number of ether oxygens (including phenoxy) is 1. The van der Waals surface area contributed by atoms with Gasteiger partial charge in [0, 0.05) is 11.1 Å². The van der Waals surface area contributed by atoms with E-state index >= 15 is 0 Å². The minimum absolute atomic E-state index is 0.0160. The monoisotopic (exact) mass is 262 g/mol. The third-order valence-corrected chi connectivity index (χ3v) is 2.51. The van der Waals surface area contributed by atoms with Crippen LogP contribution in [0.3, 0.4) is 0 Å². The molecule has 0 radical (unpaired) electrons. The van der Waals surface area contributed by atoms with E-state index in [1.807, 2.05) is 0 Å². The van der Waals surface area contributed by atoms with Gasteiger partial charge in [-0.15, -0.1) is 0 Å². The first-order valence-corrected chi connectivity index (χ1v) is 6.29. The van der Waals surface area contributed by atoms with Crippen LogP contribution >= 0.6 is 0 Å². The summed E-state index contributed by atoms with van der Waals surface area (Å²) in [6.45, 7) is 8.03. The highest BCUT2D eigenvalue weighted by molar-refractivity contribution is 7.85. The molecule has 0 heterocycles. The fraction of sp³-hybridized carbons (Fsp3) is 0.400. The molecule has 0 saturated heterocycles. The van der Waals surface area contributed by atoms with Gasteiger partial charge in [0.05, 0.1) is 5.75 Å². The zero-order valence-electron chi connectivity index (χ0n) is 9.43. The predicted molar refractivity (Wildman–Crippen MR) is 60.7 cm³/mol. The second-order valence-electron chi connectivity index (χ2n) is 3.45. The predicted octanol–water partition coefficient (Wildman–Crippen LogP) is 0.856. The van der Waals surface area contributed by atoms with E-state index in [0.717, 1.165) is 0 Å². The average Bonchev–Trinajstić information content (AvgIpc) is 2.15. The summed E-state index contributed by atoms with van der Waals surface area (Å²) in [7, 11) is -4.06. The Morgan fingerprint density at radius 3 is 2.18 bits per heavy atom. The van der Waals surface area contributed by atoms with E-state index in [4.69, 9.17) is 4.55 Å². The molecule has 17 heavy (non-hydrogen) atoms. The summed E-state index contributed by atoms with van der Waals surface area (Å²) in [6.07, 6.45) is 0.0378. The van der Waals surface area contributed by atoms with Crippen molar-refractivity contribution in [1.29, 1.82) is 0 Å². The Hall–Kier alpha value is -1.47. The lowest BCUT2D eigenvalue weighted by Crippen LogP contribution is -2.15. The van der Waals surface area contributed by atoms with Gasteiger partial charge in [0.15, 0.2) is 0 Å². The van der Waals surface area contributed by atoms with Gasteiger partial charge in [0.2, 0.25) is 0 Å². The van der Waals surface area contributed by atoms with Gasteiger partial charge in [-0.05, 0) is 19.8 Å². The summed E-state index contributed by atoms with van der Waals surface area (Å²) in [6, 6.07) is 0. The molecule has 0 fully saturated rings. The highest BCUT2D eigenvalue weighted by atomic mass is 32.2. The van der Waals surface area contributed by atoms with E-state index in [1.165, 1.54) is 6.92 Å². The van der Waals surface area contributed by atoms with E-state index in [-0.39, 0.29) is 24.0 Å². The lowest BCUT2D eigenvalue weighted by Gasteiger charge is -2.04. The van der Waals surface area contributed by atoms with Crippen molar-refractivity contribution in [1.82, 2.24) is 0 Å². The average molecular weight is 262 g/mol. The first-order chi connectivity index (χ1) is 7.63. The Bertz CT molecular complexity index is 445.